The SMILES string of the molecule is CC.CCCC.CCCC(NC(=O)C1CCCN1C=O)C(=O)C(=O)NCC(=O)NC.CCCOC(=O)NC(C)C1CCCCCC1.CN(C)C(=O)CCc1ccccc1. The van der Waals surface area contributed by atoms with Crippen LogP contribution in [0.3, 0.4) is 0 Å². The molecule has 0 spiro atoms. The lowest BCUT2D eigenvalue weighted by atomic mass is 9.93. The van der Waals surface area contributed by atoms with E-state index in [9.17, 15) is 33.6 Å². The molecule has 1 heterocycles. The quantitative estimate of drug-likeness (QED) is 0.0796. The highest BCUT2D eigenvalue weighted by Crippen LogP contribution is 2.25. The van der Waals surface area contributed by atoms with E-state index in [0.29, 0.717) is 51.2 Å². The van der Waals surface area contributed by atoms with Crippen molar-refractivity contribution in [3.05, 3.63) is 35.9 Å². The smallest absolute Gasteiger partial charge is 0.407 e. The van der Waals surface area contributed by atoms with Gasteiger partial charge in [0.25, 0.3) is 5.91 Å². The van der Waals surface area contributed by atoms with Crippen LogP contribution in [-0.4, -0.2) is 111 Å². The van der Waals surface area contributed by atoms with E-state index in [0.717, 1.165) is 19.3 Å². The zero-order valence-electron chi connectivity index (χ0n) is 38.2. The molecule has 338 valence electrons. The first-order valence-corrected chi connectivity index (χ1v) is 22.0. The zero-order valence-corrected chi connectivity index (χ0v) is 38.2. The molecule has 14 heteroatoms. The van der Waals surface area contributed by atoms with Crippen LogP contribution < -0.4 is 21.3 Å². The van der Waals surface area contributed by atoms with Crippen molar-refractivity contribution in [2.45, 2.75) is 163 Å². The molecule has 14 nitrogen and oxygen atoms in total. The van der Waals surface area contributed by atoms with E-state index >= 15 is 0 Å². The molecule has 0 bridgehead atoms. The number of aryl methyl sites for hydroxylation is 1. The van der Waals surface area contributed by atoms with Crippen molar-refractivity contribution in [2.24, 2.45) is 5.92 Å². The molecule has 2 fully saturated rings. The molecule has 1 saturated carbocycles. The standard InChI is InChI=1S/C15H24N4O5.C13H25NO2.C11H15NO.C4H10.C2H6/c1-3-5-10(13(22)15(24)17-8-12(21)16-2)18-14(23)11-6-4-7-19(11)9-20;1-3-10-16-13(15)14-11(2)12-8-6-4-5-7-9-12;1-12(2)11(13)9-8-10-6-4-3-5-7-10;1-3-4-2;1-2/h9-11H,3-8H2,1-2H3,(H,16,21)(H,17,24)(H,18,23);11-12H,3-10H2,1-2H3,(H,14,15);3-7H,8-9H2,1-2H3;3-4H2,1-2H3;1-2H3. The number of ketones is 1. The number of carbonyl (C=O) groups is 7. The van der Waals surface area contributed by atoms with E-state index in [1.807, 2.05) is 58.0 Å². The summed E-state index contributed by atoms with van der Waals surface area (Å²) in [5, 5.41) is 10.0. The number of likely N-dealkylation sites (tertiary alicyclic amines) is 1. The fraction of sp³-hybridized carbons (Fsp3) is 0.711. The third-order valence-electron chi connectivity index (χ3n) is 9.71. The van der Waals surface area contributed by atoms with Gasteiger partial charge in [-0.2, -0.15) is 0 Å². The normalized spacial score (nSPS) is 15.4. The molecule has 1 aliphatic heterocycles. The maximum Gasteiger partial charge on any atom is 0.407 e. The molecule has 3 unspecified atom stereocenters. The molecule has 3 atom stereocenters. The summed E-state index contributed by atoms with van der Waals surface area (Å²) in [6.07, 6.45) is 15.2. The number of rotatable bonds is 17. The fourth-order valence-corrected chi connectivity index (χ4v) is 5.99. The number of likely N-dealkylation sites (N-methyl/N-ethyl adjacent to an activating group) is 1. The minimum Gasteiger partial charge on any atom is -0.450 e. The first-order chi connectivity index (χ1) is 28.3. The molecule has 0 radical (unpaired) electrons. The van der Waals surface area contributed by atoms with E-state index in [1.54, 1.807) is 19.0 Å². The van der Waals surface area contributed by atoms with Gasteiger partial charge in [0.1, 0.15) is 6.04 Å². The predicted molar refractivity (Wildman–Crippen MR) is 236 cm³/mol. The van der Waals surface area contributed by atoms with Crippen LogP contribution in [0.2, 0.25) is 0 Å². The van der Waals surface area contributed by atoms with Crippen LogP contribution >= 0.6 is 0 Å². The number of unbranched alkanes of at least 4 members (excludes halogenated alkanes) is 1. The molecule has 6 amide bonds. The van der Waals surface area contributed by atoms with E-state index in [-0.39, 0.29) is 24.6 Å². The summed E-state index contributed by atoms with van der Waals surface area (Å²) in [5.41, 5.74) is 1.22. The average Bonchev–Trinajstić information content (AvgIpc) is 3.58. The number of amides is 6. The number of ether oxygens (including phenoxy) is 1. The first kappa shape index (κ1) is 56.6. The Kier molecular flexibility index (Phi) is 35.1. The monoisotopic (exact) mass is 833 g/mol. The third kappa shape index (κ3) is 27.0. The average molecular weight is 833 g/mol. The molecule has 0 aromatic heterocycles. The van der Waals surface area contributed by atoms with Crippen LogP contribution in [0.15, 0.2) is 30.3 Å². The third-order valence-corrected chi connectivity index (χ3v) is 9.71. The number of alkyl carbamates (subject to hydrolysis) is 1. The summed E-state index contributed by atoms with van der Waals surface area (Å²) < 4.78 is 5.03. The van der Waals surface area contributed by atoms with E-state index in [1.165, 1.54) is 68.9 Å². The highest BCUT2D eigenvalue weighted by Gasteiger charge is 2.33. The Labute approximate surface area is 356 Å². The van der Waals surface area contributed by atoms with Gasteiger partial charge in [0, 0.05) is 40.2 Å². The summed E-state index contributed by atoms with van der Waals surface area (Å²) in [6, 6.07) is 8.74. The highest BCUT2D eigenvalue weighted by atomic mass is 16.5. The second-order valence-electron chi connectivity index (χ2n) is 14.7. The zero-order chi connectivity index (χ0) is 45.0. The number of hydrogen-bond donors (Lipinski definition) is 4. The molecule has 4 N–H and O–H groups in total. The Hall–Kier alpha value is -4.49. The lowest BCUT2D eigenvalue weighted by Gasteiger charge is -2.23. The van der Waals surface area contributed by atoms with Crippen molar-refractivity contribution < 1.29 is 38.3 Å². The van der Waals surface area contributed by atoms with Crippen molar-refractivity contribution in [1.82, 2.24) is 31.1 Å². The maximum absolute atomic E-state index is 12.3. The van der Waals surface area contributed by atoms with Gasteiger partial charge in [0.15, 0.2) is 0 Å². The molecule has 3 rings (SSSR count). The molecular weight excluding hydrogens is 753 g/mol. The largest absolute Gasteiger partial charge is 0.450 e. The van der Waals surface area contributed by atoms with Gasteiger partial charge in [0.2, 0.25) is 29.9 Å². The number of benzene rings is 1. The van der Waals surface area contributed by atoms with E-state index < -0.39 is 35.6 Å². The second kappa shape index (κ2) is 36.6. The van der Waals surface area contributed by atoms with Gasteiger partial charge in [0.05, 0.1) is 19.2 Å². The van der Waals surface area contributed by atoms with Gasteiger partial charge < -0.3 is 35.8 Å². The van der Waals surface area contributed by atoms with Gasteiger partial charge >= 0.3 is 6.09 Å². The Morgan fingerprint density at radius 1 is 0.847 bits per heavy atom. The van der Waals surface area contributed by atoms with Crippen LogP contribution in [0.4, 0.5) is 4.79 Å². The van der Waals surface area contributed by atoms with E-state index in [2.05, 4.69) is 42.0 Å². The van der Waals surface area contributed by atoms with Crippen molar-refractivity contribution in [2.75, 3.05) is 40.8 Å². The molecule has 1 aliphatic carbocycles. The summed E-state index contributed by atoms with van der Waals surface area (Å²) in [4.78, 5) is 84.0. The van der Waals surface area contributed by atoms with Crippen molar-refractivity contribution >= 4 is 41.9 Å². The lowest BCUT2D eigenvalue weighted by Crippen LogP contribution is -2.52. The molecule has 1 aromatic rings. The molecule has 2 aliphatic rings. The number of nitrogens with one attached hydrogen (secondary N) is 4. The van der Waals surface area contributed by atoms with Crippen LogP contribution in [0.5, 0.6) is 0 Å². The molecular formula is C45H80N6O8. The predicted octanol–water partition coefficient (Wildman–Crippen LogP) is 6.34. The van der Waals surface area contributed by atoms with Crippen LogP contribution in [-0.2, 0) is 39.9 Å². The Morgan fingerprint density at radius 2 is 1.46 bits per heavy atom. The van der Waals surface area contributed by atoms with Crippen molar-refractivity contribution in [3.63, 3.8) is 0 Å². The van der Waals surface area contributed by atoms with Gasteiger partial charge in [-0.25, -0.2) is 4.79 Å². The Balaban J connectivity index is 0. The minimum absolute atomic E-state index is 0.184. The Morgan fingerprint density at radius 3 is 1.97 bits per heavy atom. The first-order valence-electron chi connectivity index (χ1n) is 22.0. The van der Waals surface area contributed by atoms with E-state index in [4.69, 9.17) is 4.74 Å². The molecule has 59 heavy (non-hydrogen) atoms. The van der Waals surface area contributed by atoms with Crippen LogP contribution in [0.25, 0.3) is 0 Å². The summed E-state index contributed by atoms with van der Waals surface area (Å²) in [6.45, 7) is 15.0. The Bertz CT molecular complexity index is 1300. The van der Waals surface area contributed by atoms with Crippen molar-refractivity contribution in [1.29, 1.82) is 0 Å². The molecule has 1 aromatic carbocycles. The van der Waals surface area contributed by atoms with Crippen molar-refractivity contribution in [3.8, 4) is 0 Å². The summed E-state index contributed by atoms with van der Waals surface area (Å²) in [5.74, 6) is -1.77. The van der Waals surface area contributed by atoms with Gasteiger partial charge in [-0.3, -0.25) is 28.8 Å². The van der Waals surface area contributed by atoms with Gasteiger partial charge in [-0.1, -0.05) is 117 Å². The maximum atomic E-state index is 12.3. The van der Waals surface area contributed by atoms with Crippen LogP contribution in [0, 0.1) is 5.92 Å². The number of hydrogen-bond acceptors (Lipinski definition) is 8. The topological polar surface area (TPSA) is 183 Å². The van der Waals surface area contributed by atoms with Crippen LogP contribution in [0.1, 0.15) is 144 Å². The summed E-state index contributed by atoms with van der Waals surface area (Å²) >= 11 is 0. The number of nitrogens with zero attached hydrogens (tertiary/aromatic N) is 2. The highest BCUT2D eigenvalue weighted by molar-refractivity contribution is 6.38. The number of Topliss-reactive ketones (excluding diaryl/α,β-unsaturated/α-hetero) is 1. The van der Waals surface area contributed by atoms with Gasteiger partial charge in [-0.15, -0.1) is 0 Å². The molecule has 1 saturated heterocycles. The second-order valence-corrected chi connectivity index (χ2v) is 14.7. The van der Waals surface area contributed by atoms with Gasteiger partial charge in [-0.05, 0) is 63.4 Å². The minimum atomic E-state index is -0.971. The lowest BCUT2D eigenvalue weighted by molar-refractivity contribution is -0.141. The summed E-state index contributed by atoms with van der Waals surface area (Å²) in [7, 11) is 4.98. The number of carbonyl (C=O) groups excluding carboxylic acids is 7. The fourth-order valence-electron chi connectivity index (χ4n) is 5.99.